The van der Waals surface area contributed by atoms with E-state index in [1.165, 1.54) is 4.88 Å². The Bertz CT molecular complexity index is 778. The lowest BCUT2D eigenvalue weighted by Gasteiger charge is -2.14. The molecule has 0 saturated carbocycles. The van der Waals surface area contributed by atoms with Crippen LogP contribution in [0.4, 0.5) is 0 Å². The van der Waals surface area contributed by atoms with E-state index in [1.807, 2.05) is 17.5 Å². The topological polar surface area (TPSA) is 62.5 Å². The number of nitrogens with zero attached hydrogens (tertiary/aromatic N) is 2. The molecule has 0 spiro atoms. The lowest BCUT2D eigenvalue weighted by molar-refractivity contribution is 0.574. The highest BCUT2D eigenvalue weighted by molar-refractivity contribution is 7.13. The second kappa shape index (κ2) is 8.82. The zero-order valence-electron chi connectivity index (χ0n) is 14.4. The van der Waals surface area contributed by atoms with Gasteiger partial charge in [0.1, 0.15) is 12.0 Å². The van der Waals surface area contributed by atoms with Gasteiger partial charge in [-0.15, -0.1) is 22.7 Å². The standard InChI is InChI=1S/C18H22N4OS2/c1-3-19-18(20-10-13(2)15-6-4-8-24-15)21-11-14-12-23-17(22-14)16-7-5-9-25-16/h4-9,12-13H,3,10-11H2,1-2H3,(H2,19,20,21). The van der Waals surface area contributed by atoms with Gasteiger partial charge >= 0.3 is 0 Å². The fourth-order valence-corrected chi connectivity index (χ4v) is 3.76. The van der Waals surface area contributed by atoms with Gasteiger partial charge in [0, 0.05) is 23.9 Å². The van der Waals surface area contributed by atoms with Crippen LogP contribution in [-0.2, 0) is 6.54 Å². The van der Waals surface area contributed by atoms with Crippen molar-refractivity contribution in [3.05, 3.63) is 51.9 Å². The zero-order chi connectivity index (χ0) is 17.5. The number of aromatic nitrogens is 1. The number of aliphatic imine (C=N–C) groups is 1. The number of hydrogen-bond acceptors (Lipinski definition) is 5. The van der Waals surface area contributed by atoms with Crippen LogP contribution in [-0.4, -0.2) is 24.0 Å². The van der Waals surface area contributed by atoms with E-state index in [1.54, 1.807) is 28.9 Å². The summed E-state index contributed by atoms with van der Waals surface area (Å²) in [5.41, 5.74) is 0.826. The Labute approximate surface area is 155 Å². The summed E-state index contributed by atoms with van der Waals surface area (Å²) < 4.78 is 5.54. The van der Waals surface area contributed by atoms with Crippen LogP contribution in [0.15, 0.2) is 50.7 Å². The van der Waals surface area contributed by atoms with E-state index in [4.69, 9.17) is 4.42 Å². The van der Waals surface area contributed by atoms with Crippen molar-refractivity contribution in [2.24, 2.45) is 4.99 Å². The summed E-state index contributed by atoms with van der Waals surface area (Å²) in [7, 11) is 0. The molecule has 0 aliphatic heterocycles. The number of guanidine groups is 1. The fourth-order valence-electron chi connectivity index (χ4n) is 2.32. The van der Waals surface area contributed by atoms with Crippen LogP contribution in [0.5, 0.6) is 0 Å². The molecule has 0 amide bonds. The summed E-state index contributed by atoms with van der Waals surface area (Å²) in [4.78, 5) is 11.5. The number of rotatable bonds is 7. The molecule has 3 rings (SSSR count). The van der Waals surface area contributed by atoms with E-state index in [9.17, 15) is 0 Å². The van der Waals surface area contributed by atoms with Gasteiger partial charge in [-0.2, -0.15) is 0 Å². The van der Waals surface area contributed by atoms with E-state index in [0.29, 0.717) is 18.4 Å². The number of hydrogen-bond donors (Lipinski definition) is 2. The van der Waals surface area contributed by atoms with Crippen LogP contribution in [0, 0.1) is 0 Å². The molecule has 3 heterocycles. The molecule has 7 heteroatoms. The summed E-state index contributed by atoms with van der Waals surface area (Å²) in [6.45, 7) is 6.42. The summed E-state index contributed by atoms with van der Waals surface area (Å²) >= 11 is 3.40. The summed E-state index contributed by atoms with van der Waals surface area (Å²) in [6.07, 6.45) is 1.68. The third kappa shape index (κ3) is 4.93. The third-order valence-corrected chi connectivity index (χ3v) is 5.59. The smallest absolute Gasteiger partial charge is 0.236 e. The Hall–Kier alpha value is -2.12. The summed E-state index contributed by atoms with van der Waals surface area (Å²) in [5.74, 6) is 1.90. The van der Waals surface area contributed by atoms with Crippen LogP contribution >= 0.6 is 22.7 Å². The molecule has 3 aromatic heterocycles. The van der Waals surface area contributed by atoms with Crippen molar-refractivity contribution < 1.29 is 4.42 Å². The highest BCUT2D eigenvalue weighted by Gasteiger charge is 2.09. The Kier molecular flexibility index (Phi) is 6.25. The van der Waals surface area contributed by atoms with Crippen molar-refractivity contribution in [3.63, 3.8) is 0 Å². The Morgan fingerprint density at radius 1 is 1.24 bits per heavy atom. The predicted octanol–water partition coefficient (Wildman–Crippen LogP) is 4.32. The van der Waals surface area contributed by atoms with Gasteiger partial charge in [-0.05, 0) is 29.8 Å². The minimum atomic E-state index is 0.446. The number of oxazole rings is 1. The maximum absolute atomic E-state index is 5.54. The first-order valence-electron chi connectivity index (χ1n) is 8.30. The molecule has 1 atom stereocenters. The molecule has 0 aliphatic rings. The lowest BCUT2D eigenvalue weighted by Crippen LogP contribution is -2.39. The van der Waals surface area contributed by atoms with Gasteiger partial charge in [0.05, 0.1) is 11.4 Å². The molecular formula is C18H22N4OS2. The van der Waals surface area contributed by atoms with Crippen molar-refractivity contribution in [1.82, 2.24) is 15.6 Å². The van der Waals surface area contributed by atoms with Crippen molar-refractivity contribution in [2.45, 2.75) is 26.3 Å². The van der Waals surface area contributed by atoms with Crippen LogP contribution < -0.4 is 10.6 Å². The number of thiophene rings is 2. The Morgan fingerprint density at radius 2 is 2.08 bits per heavy atom. The molecule has 0 saturated heterocycles. The molecule has 132 valence electrons. The molecule has 0 fully saturated rings. The van der Waals surface area contributed by atoms with Crippen LogP contribution in [0.1, 0.15) is 30.3 Å². The van der Waals surface area contributed by atoms with E-state index in [-0.39, 0.29) is 0 Å². The molecule has 1 unspecified atom stereocenters. The minimum absolute atomic E-state index is 0.446. The van der Waals surface area contributed by atoms with Gasteiger partial charge in [-0.1, -0.05) is 19.1 Å². The first kappa shape index (κ1) is 17.7. The average Bonchev–Trinajstić information content (AvgIpc) is 3.38. The zero-order valence-corrected chi connectivity index (χ0v) is 16.0. The molecule has 2 N–H and O–H groups in total. The van der Waals surface area contributed by atoms with Crippen molar-refractivity contribution >= 4 is 28.6 Å². The first-order chi connectivity index (χ1) is 12.3. The van der Waals surface area contributed by atoms with Crippen LogP contribution in [0.3, 0.4) is 0 Å². The van der Waals surface area contributed by atoms with E-state index in [0.717, 1.165) is 29.6 Å². The highest BCUT2D eigenvalue weighted by Crippen LogP contribution is 2.23. The molecule has 0 aromatic carbocycles. The molecule has 0 aliphatic carbocycles. The van der Waals surface area contributed by atoms with Gasteiger partial charge in [0.2, 0.25) is 5.89 Å². The average molecular weight is 375 g/mol. The second-order valence-corrected chi connectivity index (χ2v) is 7.54. The first-order valence-corrected chi connectivity index (χ1v) is 10.1. The Morgan fingerprint density at radius 3 is 2.80 bits per heavy atom. The molecule has 5 nitrogen and oxygen atoms in total. The molecule has 25 heavy (non-hydrogen) atoms. The van der Waals surface area contributed by atoms with Gasteiger partial charge < -0.3 is 15.1 Å². The number of nitrogens with one attached hydrogen (secondary N) is 2. The lowest BCUT2D eigenvalue weighted by atomic mass is 10.1. The molecular weight excluding hydrogens is 352 g/mol. The van der Waals surface area contributed by atoms with Gasteiger partial charge in [-0.3, -0.25) is 0 Å². The summed E-state index contributed by atoms with van der Waals surface area (Å²) in [6, 6.07) is 8.25. The van der Waals surface area contributed by atoms with Gasteiger partial charge in [0.15, 0.2) is 5.96 Å². The fraction of sp³-hybridized carbons (Fsp3) is 0.333. The van der Waals surface area contributed by atoms with Crippen molar-refractivity contribution in [2.75, 3.05) is 13.1 Å². The van der Waals surface area contributed by atoms with E-state index < -0.39 is 0 Å². The second-order valence-electron chi connectivity index (χ2n) is 5.61. The van der Waals surface area contributed by atoms with Crippen molar-refractivity contribution in [1.29, 1.82) is 0 Å². The summed E-state index contributed by atoms with van der Waals surface area (Å²) in [5, 5.41) is 10.8. The van der Waals surface area contributed by atoms with E-state index in [2.05, 4.69) is 52.0 Å². The third-order valence-electron chi connectivity index (χ3n) is 3.63. The molecule has 3 aromatic rings. The van der Waals surface area contributed by atoms with E-state index >= 15 is 0 Å². The van der Waals surface area contributed by atoms with Gasteiger partial charge in [0.25, 0.3) is 0 Å². The maximum Gasteiger partial charge on any atom is 0.236 e. The molecule has 0 bridgehead atoms. The quantitative estimate of drug-likeness (QED) is 0.477. The monoisotopic (exact) mass is 374 g/mol. The maximum atomic E-state index is 5.54. The van der Waals surface area contributed by atoms with Gasteiger partial charge in [-0.25, -0.2) is 9.98 Å². The van der Waals surface area contributed by atoms with Crippen LogP contribution in [0.2, 0.25) is 0 Å². The van der Waals surface area contributed by atoms with Crippen molar-refractivity contribution in [3.8, 4) is 10.8 Å². The minimum Gasteiger partial charge on any atom is -0.443 e. The normalized spacial score (nSPS) is 13.0. The SMILES string of the molecule is CCNC(=NCc1coc(-c2cccs2)n1)NCC(C)c1cccs1. The highest BCUT2D eigenvalue weighted by atomic mass is 32.1. The predicted molar refractivity (Wildman–Crippen MR) is 105 cm³/mol. The Balaban J connectivity index is 1.58. The largest absolute Gasteiger partial charge is 0.443 e. The van der Waals surface area contributed by atoms with Crippen LogP contribution in [0.25, 0.3) is 10.8 Å². The molecule has 0 radical (unpaired) electrons.